The molecular formula is C22H20N4O5. The zero-order valence-electron chi connectivity index (χ0n) is 16.5. The maximum absolute atomic E-state index is 12.9. The van der Waals surface area contributed by atoms with Crippen molar-refractivity contribution in [3.8, 4) is 0 Å². The van der Waals surface area contributed by atoms with Gasteiger partial charge in [0.05, 0.1) is 4.92 Å². The Labute approximate surface area is 177 Å². The number of hydrogen-bond acceptors (Lipinski definition) is 5. The number of non-ortho nitro benzene ring substituents is 1. The van der Waals surface area contributed by atoms with Crippen LogP contribution in [0.3, 0.4) is 0 Å². The fourth-order valence-corrected chi connectivity index (χ4v) is 4.17. The summed E-state index contributed by atoms with van der Waals surface area (Å²) in [6, 6.07) is 13.0. The summed E-state index contributed by atoms with van der Waals surface area (Å²) in [5, 5.41) is 16.2. The van der Waals surface area contributed by atoms with E-state index in [2.05, 4.69) is 10.6 Å². The van der Waals surface area contributed by atoms with Crippen LogP contribution < -0.4 is 10.6 Å². The lowest BCUT2D eigenvalue weighted by Crippen LogP contribution is -2.58. The first kappa shape index (κ1) is 20.3. The third-order valence-electron chi connectivity index (χ3n) is 5.63. The first-order chi connectivity index (χ1) is 14.9. The van der Waals surface area contributed by atoms with Crippen LogP contribution in [-0.4, -0.2) is 39.6 Å². The van der Waals surface area contributed by atoms with Gasteiger partial charge in [-0.3, -0.25) is 24.5 Å². The minimum atomic E-state index is -0.966. The molecule has 0 radical (unpaired) electrons. The van der Waals surface area contributed by atoms with Gasteiger partial charge in [0, 0.05) is 48.6 Å². The van der Waals surface area contributed by atoms with Crippen molar-refractivity contribution in [3.63, 3.8) is 0 Å². The Hall–Kier alpha value is -4.01. The molecule has 158 valence electrons. The van der Waals surface area contributed by atoms with E-state index in [0.717, 1.165) is 23.4 Å². The summed E-state index contributed by atoms with van der Waals surface area (Å²) in [7, 11) is 0. The van der Waals surface area contributed by atoms with Gasteiger partial charge in [-0.05, 0) is 30.5 Å². The number of carbonyl (C=O) groups excluding carboxylic acids is 3. The van der Waals surface area contributed by atoms with Crippen molar-refractivity contribution in [3.05, 3.63) is 76.4 Å². The largest absolute Gasteiger partial charge is 0.324 e. The molecule has 2 aliphatic heterocycles. The van der Waals surface area contributed by atoms with Gasteiger partial charge in [-0.15, -0.1) is 0 Å². The van der Waals surface area contributed by atoms with E-state index in [1.165, 1.54) is 29.2 Å². The molecule has 3 amide bonds. The lowest BCUT2D eigenvalue weighted by atomic mass is 9.83. The summed E-state index contributed by atoms with van der Waals surface area (Å²) in [5.41, 5.74) is 0.850. The normalized spacial score (nSPS) is 19.9. The molecule has 1 spiro atoms. The number of rotatable bonds is 4. The number of nitro groups is 1. The van der Waals surface area contributed by atoms with Crippen LogP contribution >= 0.6 is 0 Å². The summed E-state index contributed by atoms with van der Waals surface area (Å²) in [6.07, 6.45) is 3.87. The van der Waals surface area contributed by atoms with Gasteiger partial charge in [-0.1, -0.05) is 24.3 Å². The maximum Gasteiger partial charge on any atom is 0.271 e. The van der Waals surface area contributed by atoms with Gasteiger partial charge in [0.1, 0.15) is 5.54 Å². The number of fused-ring (bicyclic) bond motifs is 1. The van der Waals surface area contributed by atoms with E-state index in [0.29, 0.717) is 25.8 Å². The first-order valence-electron chi connectivity index (χ1n) is 9.83. The predicted molar refractivity (Wildman–Crippen MR) is 113 cm³/mol. The minimum Gasteiger partial charge on any atom is -0.324 e. The molecular weight excluding hydrogens is 400 g/mol. The van der Waals surface area contributed by atoms with E-state index in [1.807, 2.05) is 24.3 Å². The number of nitrogens with zero attached hydrogens (tertiary/aromatic N) is 2. The highest BCUT2D eigenvalue weighted by Gasteiger charge is 2.51. The Morgan fingerprint density at radius 3 is 2.77 bits per heavy atom. The Bertz CT molecular complexity index is 1110. The third-order valence-corrected chi connectivity index (χ3v) is 5.63. The average Bonchev–Trinajstić information content (AvgIpc) is 3.17. The Kier molecular flexibility index (Phi) is 5.24. The molecule has 1 saturated heterocycles. The molecule has 1 fully saturated rings. The van der Waals surface area contributed by atoms with Crippen LogP contribution in [-0.2, 0) is 20.8 Å². The van der Waals surface area contributed by atoms with Crippen LogP contribution in [0.15, 0.2) is 60.7 Å². The van der Waals surface area contributed by atoms with Crippen molar-refractivity contribution in [1.82, 2.24) is 4.90 Å². The molecule has 2 aliphatic rings. The summed E-state index contributed by atoms with van der Waals surface area (Å²) in [4.78, 5) is 49.8. The lowest BCUT2D eigenvalue weighted by Gasteiger charge is -2.40. The number of benzene rings is 2. The van der Waals surface area contributed by atoms with Crippen molar-refractivity contribution in [1.29, 1.82) is 0 Å². The monoisotopic (exact) mass is 420 g/mol. The van der Waals surface area contributed by atoms with Gasteiger partial charge in [0.25, 0.3) is 11.6 Å². The van der Waals surface area contributed by atoms with E-state index < -0.39 is 22.3 Å². The second kappa shape index (κ2) is 8.02. The molecule has 9 nitrogen and oxygen atoms in total. The number of anilines is 2. The van der Waals surface area contributed by atoms with Crippen molar-refractivity contribution < 1.29 is 19.3 Å². The molecule has 31 heavy (non-hydrogen) atoms. The predicted octanol–water partition coefficient (Wildman–Crippen LogP) is 2.65. The fraction of sp³-hybridized carbons (Fsp3) is 0.227. The summed E-state index contributed by atoms with van der Waals surface area (Å²) in [6.45, 7) is 0.422. The number of hydrogen-bond donors (Lipinski definition) is 2. The van der Waals surface area contributed by atoms with Gasteiger partial charge >= 0.3 is 0 Å². The van der Waals surface area contributed by atoms with Gasteiger partial charge in [0.2, 0.25) is 11.8 Å². The highest BCUT2D eigenvalue weighted by Crippen LogP contribution is 2.39. The van der Waals surface area contributed by atoms with Crippen molar-refractivity contribution in [2.75, 3.05) is 17.2 Å². The number of likely N-dealkylation sites (tertiary alicyclic amines) is 1. The molecule has 0 bridgehead atoms. The molecule has 4 rings (SSSR count). The minimum absolute atomic E-state index is 0.152. The SMILES string of the molecule is O=C(C=CC(=O)N1CCCC12Cc1ccccc1NC2=O)Nc1cccc([N+](=O)[O-])c1. The van der Waals surface area contributed by atoms with Gasteiger partial charge < -0.3 is 15.5 Å². The molecule has 2 aromatic carbocycles. The number of para-hydroxylation sites is 1. The zero-order valence-corrected chi connectivity index (χ0v) is 16.5. The molecule has 2 heterocycles. The van der Waals surface area contributed by atoms with Gasteiger partial charge in [-0.25, -0.2) is 0 Å². The molecule has 1 atom stereocenters. The molecule has 2 N–H and O–H groups in total. The van der Waals surface area contributed by atoms with Crippen molar-refractivity contribution in [2.45, 2.75) is 24.8 Å². The van der Waals surface area contributed by atoms with Crippen LogP contribution in [0, 0.1) is 10.1 Å². The lowest BCUT2D eigenvalue weighted by molar-refractivity contribution is -0.384. The van der Waals surface area contributed by atoms with E-state index in [9.17, 15) is 24.5 Å². The van der Waals surface area contributed by atoms with Gasteiger partial charge in [0.15, 0.2) is 0 Å². The van der Waals surface area contributed by atoms with Crippen LogP contribution in [0.1, 0.15) is 18.4 Å². The van der Waals surface area contributed by atoms with E-state index in [-0.39, 0.29) is 17.3 Å². The second-order valence-corrected chi connectivity index (χ2v) is 7.54. The third kappa shape index (κ3) is 3.89. The zero-order chi connectivity index (χ0) is 22.0. The maximum atomic E-state index is 12.9. The Morgan fingerprint density at radius 2 is 1.97 bits per heavy atom. The van der Waals surface area contributed by atoms with Crippen LogP contribution in [0.25, 0.3) is 0 Å². The highest BCUT2D eigenvalue weighted by molar-refractivity contribution is 6.07. The average molecular weight is 420 g/mol. The van der Waals surface area contributed by atoms with Crippen molar-refractivity contribution in [2.24, 2.45) is 0 Å². The smallest absolute Gasteiger partial charge is 0.271 e. The Balaban J connectivity index is 1.47. The fourth-order valence-electron chi connectivity index (χ4n) is 4.17. The quantitative estimate of drug-likeness (QED) is 0.447. The number of carbonyl (C=O) groups is 3. The second-order valence-electron chi connectivity index (χ2n) is 7.54. The van der Waals surface area contributed by atoms with Crippen LogP contribution in [0.5, 0.6) is 0 Å². The van der Waals surface area contributed by atoms with E-state index >= 15 is 0 Å². The summed E-state index contributed by atoms with van der Waals surface area (Å²) >= 11 is 0. The number of amides is 3. The molecule has 0 aliphatic carbocycles. The van der Waals surface area contributed by atoms with Gasteiger partial charge in [-0.2, -0.15) is 0 Å². The standard InChI is InChI=1S/C22H20N4O5/c27-19(23-16-6-3-7-17(13-16)26(30)31)9-10-20(28)25-12-4-11-22(25)14-15-5-1-2-8-18(15)24-21(22)29/h1-3,5-10,13H,4,11-12,14H2,(H,23,27)(H,24,29). The highest BCUT2D eigenvalue weighted by atomic mass is 16.6. The Morgan fingerprint density at radius 1 is 1.16 bits per heavy atom. The molecule has 9 heteroatoms. The number of nitrogens with one attached hydrogen (secondary N) is 2. The van der Waals surface area contributed by atoms with Crippen LogP contribution in [0.4, 0.5) is 17.1 Å². The van der Waals surface area contributed by atoms with Crippen LogP contribution in [0.2, 0.25) is 0 Å². The summed E-state index contributed by atoms with van der Waals surface area (Å²) < 4.78 is 0. The summed E-state index contributed by atoms with van der Waals surface area (Å²) in [5.74, 6) is -1.24. The van der Waals surface area contributed by atoms with Crippen molar-refractivity contribution >= 4 is 34.8 Å². The molecule has 0 aromatic heterocycles. The first-order valence-corrected chi connectivity index (χ1v) is 9.83. The number of nitro benzene ring substituents is 1. The molecule has 0 saturated carbocycles. The van der Waals surface area contributed by atoms with E-state index in [1.54, 1.807) is 0 Å². The molecule has 1 unspecified atom stereocenters. The molecule has 2 aromatic rings. The van der Waals surface area contributed by atoms with E-state index in [4.69, 9.17) is 0 Å². The topological polar surface area (TPSA) is 122 Å².